The normalized spacial score (nSPS) is 17.2. The van der Waals surface area contributed by atoms with Crippen molar-refractivity contribution in [1.29, 1.82) is 0 Å². The Hall–Kier alpha value is -1.33. The SMILES string of the molecule is Nc1c(Br)cnn1C1CCN(CCc2ccccc2)CC1. The van der Waals surface area contributed by atoms with Crippen molar-refractivity contribution in [2.75, 3.05) is 25.4 Å². The maximum Gasteiger partial charge on any atom is 0.136 e. The van der Waals surface area contributed by atoms with Gasteiger partial charge in [-0.3, -0.25) is 0 Å². The molecule has 0 unspecified atom stereocenters. The first-order valence-corrected chi connectivity index (χ1v) is 8.28. The Bertz CT molecular complexity index is 573. The molecule has 0 amide bonds. The van der Waals surface area contributed by atoms with Gasteiger partial charge in [0.15, 0.2) is 0 Å². The summed E-state index contributed by atoms with van der Waals surface area (Å²) in [6.07, 6.45) is 5.15. The molecule has 5 heteroatoms. The molecule has 2 heterocycles. The zero-order chi connectivity index (χ0) is 14.7. The monoisotopic (exact) mass is 348 g/mol. The Kier molecular flexibility index (Phi) is 4.60. The third-order valence-corrected chi connectivity index (χ3v) is 4.86. The van der Waals surface area contributed by atoms with Crippen LogP contribution in [0.5, 0.6) is 0 Å². The molecule has 1 aliphatic heterocycles. The molecule has 4 nitrogen and oxygen atoms in total. The largest absolute Gasteiger partial charge is 0.383 e. The van der Waals surface area contributed by atoms with Crippen LogP contribution in [0.2, 0.25) is 0 Å². The summed E-state index contributed by atoms with van der Waals surface area (Å²) in [6.45, 7) is 3.37. The second-order valence-corrected chi connectivity index (χ2v) is 6.49. The van der Waals surface area contributed by atoms with E-state index in [4.69, 9.17) is 5.73 Å². The van der Waals surface area contributed by atoms with Gasteiger partial charge in [0.05, 0.1) is 16.7 Å². The lowest BCUT2D eigenvalue weighted by molar-refractivity contribution is 0.183. The van der Waals surface area contributed by atoms with Gasteiger partial charge in [0.25, 0.3) is 0 Å². The first-order chi connectivity index (χ1) is 10.2. The molecule has 1 aromatic carbocycles. The average Bonchev–Trinajstić information content (AvgIpc) is 2.87. The van der Waals surface area contributed by atoms with Crippen molar-refractivity contribution in [3.63, 3.8) is 0 Å². The summed E-state index contributed by atoms with van der Waals surface area (Å²) in [6, 6.07) is 11.1. The third-order valence-electron chi connectivity index (χ3n) is 4.25. The quantitative estimate of drug-likeness (QED) is 0.923. The number of likely N-dealkylation sites (tertiary alicyclic amines) is 1. The molecule has 1 aliphatic rings. The second kappa shape index (κ2) is 6.62. The number of nitrogens with two attached hydrogens (primary N) is 1. The minimum Gasteiger partial charge on any atom is -0.383 e. The highest BCUT2D eigenvalue weighted by Crippen LogP contribution is 2.28. The van der Waals surface area contributed by atoms with E-state index in [9.17, 15) is 0 Å². The Labute approximate surface area is 134 Å². The standard InChI is InChI=1S/C16H21BrN4/c17-15-12-19-21(16(15)18)14-7-10-20(11-8-14)9-6-13-4-2-1-3-5-13/h1-5,12,14H,6-11,18H2. The Morgan fingerprint density at radius 3 is 2.52 bits per heavy atom. The summed E-state index contributed by atoms with van der Waals surface area (Å²) in [5.41, 5.74) is 7.46. The molecule has 0 radical (unpaired) electrons. The number of nitrogen functional groups attached to an aromatic ring is 1. The molecule has 2 aromatic rings. The molecule has 1 saturated heterocycles. The van der Waals surface area contributed by atoms with E-state index in [0.717, 1.165) is 49.2 Å². The lowest BCUT2D eigenvalue weighted by Gasteiger charge is -2.32. The number of hydrogen-bond donors (Lipinski definition) is 1. The van der Waals surface area contributed by atoms with Crippen LogP contribution >= 0.6 is 15.9 Å². The molecule has 1 aromatic heterocycles. The van der Waals surface area contributed by atoms with Crippen LogP contribution in [-0.4, -0.2) is 34.3 Å². The summed E-state index contributed by atoms with van der Waals surface area (Å²) in [5.74, 6) is 0.748. The number of piperidine rings is 1. The van der Waals surface area contributed by atoms with E-state index in [2.05, 4.69) is 56.3 Å². The van der Waals surface area contributed by atoms with Crippen molar-refractivity contribution in [3.8, 4) is 0 Å². The van der Waals surface area contributed by atoms with Crippen molar-refractivity contribution in [1.82, 2.24) is 14.7 Å². The number of hydrogen-bond acceptors (Lipinski definition) is 3. The van der Waals surface area contributed by atoms with Gasteiger partial charge in [0.2, 0.25) is 0 Å². The molecule has 0 spiro atoms. The lowest BCUT2D eigenvalue weighted by Crippen LogP contribution is -2.36. The predicted octanol–water partition coefficient (Wildman–Crippen LogP) is 3.11. The van der Waals surface area contributed by atoms with Crippen LogP contribution in [0.15, 0.2) is 41.0 Å². The number of rotatable bonds is 4. The van der Waals surface area contributed by atoms with Crippen molar-refractivity contribution in [3.05, 3.63) is 46.6 Å². The summed E-state index contributed by atoms with van der Waals surface area (Å²) >= 11 is 3.43. The second-order valence-electron chi connectivity index (χ2n) is 5.63. The fourth-order valence-electron chi connectivity index (χ4n) is 2.96. The van der Waals surface area contributed by atoms with Gasteiger partial charge in [-0.1, -0.05) is 30.3 Å². The van der Waals surface area contributed by atoms with Crippen LogP contribution < -0.4 is 5.73 Å². The molecule has 0 atom stereocenters. The van der Waals surface area contributed by atoms with Crippen molar-refractivity contribution >= 4 is 21.7 Å². The van der Waals surface area contributed by atoms with E-state index in [1.165, 1.54) is 5.56 Å². The molecule has 0 aliphatic carbocycles. The van der Waals surface area contributed by atoms with Crippen LogP contribution in [0.3, 0.4) is 0 Å². The summed E-state index contributed by atoms with van der Waals surface area (Å²) in [7, 11) is 0. The highest BCUT2D eigenvalue weighted by Gasteiger charge is 2.22. The van der Waals surface area contributed by atoms with Gasteiger partial charge in [-0.25, -0.2) is 4.68 Å². The number of benzene rings is 1. The maximum absolute atomic E-state index is 6.04. The summed E-state index contributed by atoms with van der Waals surface area (Å²) in [5, 5.41) is 4.38. The smallest absolute Gasteiger partial charge is 0.136 e. The molecule has 1 fully saturated rings. The topological polar surface area (TPSA) is 47.1 Å². The minimum atomic E-state index is 0.435. The molecule has 2 N–H and O–H groups in total. The number of halogens is 1. The highest BCUT2D eigenvalue weighted by molar-refractivity contribution is 9.10. The number of anilines is 1. The van der Waals surface area contributed by atoms with Crippen LogP contribution in [-0.2, 0) is 6.42 Å². The van der Waals surface area contributed by atoms with Gasteiger partial charge in [-0.15, -0.1) is 0 Å². The van der Waals surface area contributed by atoms with E-state index in [1.54, 1.807) is 6.20 Å². The van der Waals surface area contributed by atoms with Crippen LogP contribution in [0, 0.1) is 0 Å². The maximum atomic E-state index is 6.04. The summed E-state index contributed by atoms with van der Waals surface area (Å²) < 4.78 is 2.87. The number of nitrogens with zero attached hydrogens (tertiary/aromatic N) is 3. The zero-order valence-corrected chi connectivity index (χ0v) is 13.7. The van der Waals surface area contributed by atoms with Gasteiger partial charge in [-0.2, -0.15) is 5.10 Å². The van der Waals surface area contributed by atoms with Gasteiger partial charge in [0, 0.05) is 19.6 Å². The van der Waals surface area contributed by atoms with Gasteiger partial charge in [0.1, 0.15) is 5.82 Å². The van der Waals surface area contributed by atoms with Gasteiger partial charge < -0.3 is 10.6 Å². The highest BCUT2D eigenvalue weighted by atomic mass is 79.9. The van der Waals surface area contributed by atoms with E-state index in [-0.39, 0.29) is 0 Å². The summed E-state index contributed by atoms with van der Waals surface area (Å²) in [4.78, 5) is 2.54. The van der Waals surface area contributed by atoms with E-state index in [0.29, 0.717) is 6.04 Å². The van der Waals surface area contributed by atoms with Crippen LogP contribution in [0.25, 0.3) is 0 Å². The Morgan fingerprint density at radius 1 is 1.19 bits per heavy atom. The average molecular weight is 349 g/mol. The van der Waals surface area contributed by atoms with Gasteiger partial charge >= 0.3 is 0 Å². The fraction of sp³-hybridized carbons (Fsp3) is 0.438. The Balaban J connectivity index is 1.50. The molecule has 112 valence electrons. The lowest BCUT2D eigenvalue weighted by atomic mass is 10.0. The van der Waals surface area contributed by atoms with E-state index >= 15 is 0 Å². The zero-order valence-electron chi connectivity index (χ0n) is 12.1. The third kappa shape index (κ3) is 3.47. The fourth-order valence-corrected chi connectivity index (χ4v) is 3.23. The molecular weight excluding hydrogens is 328 g/mol. The van der Waals surface area contributed by atoms with Gasteiger partial charge in [-0.05, 0) is 40.8 Å². The van der Waals surface area contributed by atoms with Crippen molar-refractivity contribution in [2.45, 2.75) is 25.3 Å². The molecule has 3 rings (SSSR count). The van der Waals surface area contributed by atoms with E-state index in [1.807, 2.05) is 4.68 Å². The van der Waals surface area contributed by atoms with Crippen LogP contribution in [0.1, 0.15) is 24.4 Å². The minimum absolute atomic E-state index is 0.435. The molecule has 21 heavy (non-hydrogen) atoms. The van der Waals surface area contributed by atoms with E-state index < -0.39 is 0 Å². The number of aromatic nitrogens is 2. The van der Waals surface area contributed by atoms with Crippen molar-refractivity contribution in [2.24, 2.45) is 0 Å². The molecule has 0 bridgehead atoms. The Morgan fingerprint density at radius 2 is 1.90 bits per heavy atom. The first-order valence-electron chi connectivity index (χ1n) is 7.49. The first kappa shape index (κ1) is 14.6. The van der Waals surface area contributed by atoms with Crippen molar-refractivity contribution < 1.29 is 0 Å². The van der Waals surface area contributed by atoms with Crippen LogP contribution in [0.4, 0.5) is 5.82 Å². The predicted molar refractivity (Wildman–Crippen MR) is 89.2 cm³/mol. The molecular formula is C16H21BrN4. The molecule has 0 saturated carbocycles.